The molecular weight excluding hydrogens is 228 g/mol. The monoisotopic (exact) mass is 244 g/mol. The van der Waals surface area contributed by atoms with E-state index >= 15 is 0 Å². The molecule has 1 N–H and O–H groups in total. The summed E-state index contributed by atoms with van der Waals surface area (Å²) in [5.74, 6) is 2.11. The number of phenolic OH excluding ortho intramolecular Hbond substituents is 1. The fourth-order valence-corrected chi connectivity index (χ4v) is 2.23. The third-order valence-corrected chi connectivity index (χ3v) is 3.57. The summed E-state index contributed by atoms with van der Waals surface area (Å²) >= 11 is 0. The van der Waals surface area contributed by atoms with Crippen molar-refractivity contribution < 1.29 is 9.63 Å². The molecule has 1 aromatic heterocycles. The highest BCUT2D eigenvalue weighted by Gasteiger charge is 2.49. The van der Waals surface area contributed by atoms with Crippen LogP contribution in [0.5, 0.6) is 5.75 Å². The highest BCUT2D eigenvalue weighted by atomic mass is 16.5. The van der Waals surface area contributed by atoms with Gasteiger partial charge in [-0.25, -0.2) is 0 Å². The van der Waals surface area contributed by atoms with E-state index in [2.05, 4.69) is 24.0 Å². The zero-order valence-corrected chi connectivity index (χ0v) is 10.6. The smallest absolute Gasteiger partial charge is 0.231 e. The maximum atomic E-state index is 9.40. The summed E-state index contributed by atoms with van der Waals surface area (Å²) in [5, 5.41) is 13.4. The Kier molecular flexibility index (Phi) is 2.40. The zero-order valence-electron chi connectivity index (χ0n) is 10.6. The van der Waals surface area contributed by atoms with Crippen LogP contribution in [0.2, 0.25) is 0 Å². The summed E-state index contributed by atoms with van der Waals surface area (Å²) in [6, 6.07) is 7.11. The van der Waals surface area contributed by atoms with Crippen LogP contribution < -0.4 is 0 Å². The molecule has 18 heavy (non-hydrogen) atoms. The Balaban J connectivity index is 1.75. The van der Waals surface area contributed by atoms with Crippen LogP contribution in [0.3, 0.4) is 0 Å². The van der Waals surface area contributed by atoms with Crippen LogP contribution in [0.4, 0.5) is 0 Å². The quantitative estimate of drug-likeness (QED) is 0.901. The fraction of sp³-hybridized carbons (Fsp3) is 0.429. The molecule has 1 unspecified atom stereocenters. The Bertz CT molecular complexity index is 575. The summed E-state index contributed by atoms with van der Waals surface area (Å²) in [5.41, 5.74) is 1.28. The van der Waals surface area contributed by atoms with Gasteiger partial charge in [-0.1, -0.05) is 31.1 Å². The van der Waals surface area contributed by atoms with Crippen LogP contribution >= 0.6 is 0 Å². The molecule has 0 radical (unpaired) electrons. The van der Waals surface area contributed by atoms with Gasteiger partial charge in [-0.15, -0.1) is 0 Å². The van der Waals surface area contributed by atoms with E-state index in [9.17, 15) is 5.11 Å². The van der Waals surface area contributed by atoms with Crippen LogP contribution in [-0.4, -0.2) is 15.2 Å². The van der Waals surface area contributed by atoms with E-state index in [0.717, 1.165) is 17.8 Å². The molecule has 1 saturated carbocycles. The second-order valence-electron chi connectivity index (χ2n) is 5.64. The lowest BCUT2D eigenvalue weighted by molar-refractivity contribution is 0.377. The summed E-state index contributed by atoms with van der Waals surface area (Å²) in [6.07, 6.45) is 1.69. The molecule has 1 fully saturated rings. The molecular formula is C14H16N2O2. The molecule has 0 bridgehead atoms. The van der Waals surface area contributed by atoms with E-state index in [4.69, 9.17) is 4.52 Å². The second kappa shape index (κ2) is 3.83. The Labute approximate surface area is 106 Å². The van der Waals surface area contributed by atoms with Crippen molar-refractivity contribution in [2.75, 3.05) is 0 Å². The predicted octanol–water partition coefficient (Wildman–Crippen LogP) is 2.88. The van der Waals surface area contributed by atoms with Gasteiger partial charge in [0, 0.05) is 5.92 Å². The average molecular weight is 244 g/mol. The number of benzene rings is 1. The van der Waals surface area contributed by atoms with Crippen LogP contribution in [0.15, 0.2) is 28.8 Å². The van der Waals surface area contributed by atoms with Gasteiger partial charge in [-0.2, -0.15) is 4.98 Å². The van der Waals surface area contributed by atoms with Gasteiger partial charge in [0.2, 0.25) is 5.89 Å². The summed E-state index contributed by atoms with van der Waals surface area (Å²) in [4.78, 5) is 4.43. The minimum atomic E-state index is 0.260. The van der Waals surface area contributed by atoms with Crippen molar-refractivity contribution in [1.29, 1.82) is 0 Å². The highest BCUT2D eigenvalue weighted by molar-refractivity contribution is 5.28. The molecule has 94 valence electrons. The van der Waals surface area contributed by atoms with Gasteiger partial charge in [0.05, 0.1) is 6.42 Å². The Hall–Kier alpha value is -1.84. The van der Waals surface area contributed by atoms with Gasteiger partial charge in [0.25, 0.3) is 0 Å². The van der Waals surface area contributed by atoms with E-state index in [1.54, 1.807) is 12.1 Å². The van der Waals surface area contributed by atoms with Crippen LogP contribution in [-0.2, 0) is 6.42 Å². The minimum absolute atomic E-state index is 0.260. The average Bonchev–Trinajstić information content (AvgIpc) is 2.72. The molecule has 3 rings (SSSR count). The normalized spacial score (nSPS) is 20.9. The Morgan fingerprint density at radius 1 is 1.44 bits per heavy atom. The third kappa shape index (κ3) is 2.10. The number of phenols is 1. The van der Waals surface area contributed by atoms with Crippen LogP contribution in [0, 0.1) is 5.41 Å². The molecule has 1 aliphatic rings. The lowest BCUT2D eigenvalue weighted by Gasteiger charge is -1.97. The maximum Gasteiger partial charge on any atom is 0.231 e. The number of rotatable bonds is 3. The molecule has 0 spiro atoms. The van der Waals surface area contributed by atoms with E-state index in [0.29, 0.717) is 23.6 Å². The largest absolute Gasteiger partial charge is 0.508 e. The lowest BCUT2D eigenvalue weighted by Crippen LogP contribution is -1.93. The molecule has 4 nitrogen and oxygen atoms in total. The first-order valence-electron chi connectivity index (χ1n) is 6.15. The molecule has 0 saturated heterocycles. The molecule has 1 aromatic carbocycles. The molecule has 1 atom stereocenters. The standard InChI is InChI=1S/C14H16N2O2/c1-14(2)8-11(14)13-15-12(18-16-13)7-9-4-3-5-10(17)6-9/h3-6,11,17H,7-8H2,1-2H3. The van der Waals surface area contributed by atoms with Crippen molar-refractivity contribution in [2.24, 2.45) is 5.41 Å². The van der Waals surface area contributed by atoms with Crippen molar-refractivity contribution in [2.45, 2.75) is 32.6 Å². The number of nitrogens with zero attached hydrogens (tertiary/aromatic N) is 2. The van der Waals surface area contributed by atoms with Gasteiger partial charge in [-0.05, 0) is 29.5 Å². The SMILES string of the molecule is CC1(C)CC1c1noc(Cc2cccc(O)c2)n1. The first kappa shape index (κ1) is 11.3. The topological polar surface area (TPSA) is 59.2 Å². The van der Waals surface area contributed by atoms with Crippen molar-refractivity contribution in [3.05, 3.63) is 41.5 Å². The maximum absolute atomic E-state index is 9.40. The number of aromatic hydroxyl groups is 1. The van der Waals surface area contributed by atoms with E-state index < -0.39 is 0 Å². The van der Waals surface area contributed by atoms with Crippen LogP contribution in [0.1, 0.15) is 43.5 Å². The zero-order chi connectivity index (χ0) is 12.8. The molecule has 1 aliphatic carbocycles. The first-order chi connectivity index (χ1) is 8.54. The fourth-order valence-electron chi connectivity index (χ4n) is 2.23. The van der Waals surface area contributed by atoms with E-state index in [1.165, 1.54) is 0 Å². The summed E-state index contributed by atoms with van der Waals surface area (Å²) in [6.45, 7) is 4.42. The summed E-state index contributed by atoms with van der Waals surface area (Å²) in [7, 11) is 0. The van der Waals surface area contributed by atoms with Gasteiger partial charge < -0.3 is 9.63 Å². The molecule has 4 heteroatoms. The minimum Gasteiger partial charge on any atom is -0.508 e. The van der Waals surface area contributed by atoms with Gasteiger partial charge in [-0.3, -0.25) is 0 Å². The number of hydrogen-bond donors (Lipinski definition) is 1. The first-order valence-corrected chi connectivity index (χ1v) is 6.15. The molecule has 1 heterocycles. The van der Waals surface area contributed by atoms with E-state index in [-0.39, 0.29) is 5.75 Å². The molecule has 2 aromatic rings. The van der Waals surface area contributed by atoms with Crippen LogP contribution in [0.25, 0.3) is 0 Å². The number of hydrogen-bond acceptors (Lipinski definition) is 4. The third-order valence-electron chi connectivity index (χ3n) is 3.57. The highest BCUT2D eigenvalue weighted by Crippen LogP contribution is 2.57. The summed E-state index contributed by atoms with van der Waals surface area (Å²) < 4.78 is 5.26. The van der Waals surface area contributed by atoms with Crippen molar-refractivity contribution in [3.8, 4) is 5.75 Å². The second-order valence-corrected chi connectivity index (χ2v) is 5.64. The van der Waals surface area contributed by atoms with E-state index in [1.807, 2.05) is 12.1 Å². The molecule has 0 aliphatic heterocycles. The number of aromatic nitrogens is 2. The van der Waals surface area contributed by atoms with Gasteiger partial charge in [0.15, 0.2) is 5.82 Å². The predicted molar refractivity (Wildman–Crippen MR) is 66.3 cm³/mol. The Morgan fingerprint density at radius 2 is 2.22 bits per heavy atom. The van der Waals surface area contributed by atoms with Gasteiger partial charge in [0.1, 0.15) is 5.75 Å². The van der Waals surface area contributed by atoms with Crippen molar-refractivity contribution >= 4 is 0 Å². The van der Waals surface area contributed by atoms with Gasteiger partial charge >= 0.3 is 0 Å². The lowest BCUT2D eigenvalue weighted by atomic mass is 10.1. The van der Waals surface area contributed by atoms with Crippen molar-refractivity contribution in [1.82, 2.24) is 10.1 Å². The Morgan fingerprint density at radius 3 is 2.89 bits per heavy atom. The molecule has 0 amide bonds. The van der Waals surface area contributed by atoms with Crippen molar-refractivity contribution in [3.63, 3.8) is 0 Å².